The van der Waals surface area contributed by atoms with E-state index in [4.69, 9.17) is 5.73 Å². The smallest absolute Gasteiger partial charge is 0.229 e. The number of nitrogens with one attached hydrogen (secondary N) is 1. The Hall–Kier alpha value is -0.640. The van der Waals surface area contributed by atoms with Crippen LogP contribution in [-0.2, 0) is 4.79 Å². The zero-order valence-electron chi connectivity index (χ0n) is 7.05. The highest BCUT2D eigenvalue weighted by atomic mass is 32.1. The maximum Gasteiger partial charge on any atom is 0.229 e. The van der Waals surface area contributed by atoms with Gasteiger partial charge in [-0.3, -0.25) is 4.79 Å². The molecule has 0 aliphatic heterocycles. The third-order valence-electron chi connectivity index (χ3n) is 1.66. The van der Waals surface area contributed by atoms with Crippen LogP contribution in [0, 0.1) is 11.8 Å². The molecule has 0 aliphatic carbocycles. The highest BCUT2D eigenvalue weighted by Gasteiger charge is 2.16. The summed E-state index contributed by atoms with van der Waals surface area (Å²) in [7, 11) is 0. The molecule has 11 heavy (non-hydrogen) atoms. The van der Waals surface area contributed by atoms with Gasteiger partial charge >= 0.3 is 0 Å². The van der Waals surface area contributed by atoms with Crippen LogP contribution in [0.2, 0.25) is 0 Å². The van der Waals surface area contributed by atoms with Gasteiger partial charge < -0.3 is 11.1 Å². The molecule has 3 nitrogen and oxygen atoms in total. The van der Waals surface area contributed by atoms with Gasteiger partial charge in [0.1, 0.15) is 0 Å². The lowest BCUT2D eigenvalue weighted by atomic mass is 9.97. The van der Waals surface area contributed by atoms with Gasteiger partial charge in [-0.25, -0.2) is 0 Å². The minimum atomic E-state index is -0.104. The second-order valence-electron chi connectivity index (χ2n) is 2.89. The van der Waals surface area contributed by atoms with Gasteiger partial charge in [0.25, 0.3) is 0 Å². The van der Waals surface area contributed by atoms with E-state index >= 15 is 0 Å². The first-order chi connectivity index (χ1) is 4.95. The molecule has 0 saturated heterocycles. The van der Waals surface area contributed by atoms with Gasteiger partial charge in [-0.15, -0.1) is 0 Å². The molecule has 0 aliphatic rings. The summed E-state index contributed by atoms with van der Waals surface area (Å²) in [6.07, 6.45) is 0. The van der Waals surface area contributed by atoms with Crippen molar-refractivity contribution in [3.8, 4) is 0 Å². The Kier molecular flexibility index (Phi) is 4.03. The molecule has 4 heteroatoms. The standard InChI is InChI=1S/C7H14N2OS/c1-4(2)5(3)6(10)9-7(8)11/h4-5H,1-3H3,(H3,8,9,10,11). The van der Waals surface area contributed by atoms with E-state index in [0.29, 0.717) is 5.92 Å². The van der Waals surface area contributed by atoms with Crippen molar-refractivity contribution in [1.82, 2.24) is 5.32 Å². The molecule has 3 N–H and O–H groups in total. The fourth-order valence-corrected chi connectivity index (χ4v) is 0.639. The lowest BCUT2D eigenvalue weighted by Crippen LogP contribution is -2.39. The zero-order chi connectivity index (χ0) is 9.02. The van der Waals surface area contributed by atoms with Crippen molar-refractivity contribution in [2.75, 3.05) is 0 Å². The molecule has 0 fully saturated rings. The molecule has 0 saturated carbocycles. The Morgan fingerprint density at radius 1 is 1.45 bits per heavy atom. The Bertz CT molecular complexity index is 168. The van der Waals surface area contributed by atoms with Crippen LogP contribution in [0.4, 0.5) is 0 Å². The van der Waals surface area contributed by atoms with Gasteiger partial charge in [-0.05, 0) is 18.1 Å². The van der Waals surface area contributed by atoms with Crippen molar-refractivity contribution >= 4 is 23.2 Å². The molecule has 0 aromatic carbocycles. The summed E-state index contributed by atoms with van der Waals surface area (Å²) in [5.74, 6) is 0.161. The van der Waals surface area contributed by atoms with Crippen LogP contribution < -0.4 is 11.1 Å². The summed E-state index contributed by atoms with van der Waals surface area (Å²) >= 11 is 4.52. The maximum atomic E-state index is 11.1. The quantitative estimate of drug-likeness (QED) is 0.604. The normalized spacial score (nSPS) is 12.7. The largest absolute Gasteiger partial charge is 0.376 e. The summed E-state index contributed by atoms with van der Waals surface area (Å²) < 4.78 is 0. The van der Waals surface area contributed by atoms with Gasteiger partial charge in [0.05, 0.1) is 0 Å². The number of hydrogen-bond donors (Lipinski definition) is 2. The number of carbonyl (C=O) groups is 1. The predicted molar refractivity (Wildman–Crippen MR) is 48.9 cm³/mol. The van der Waals surface area contributed by atoms with E-state index in [1.807, 2.05) is 20.8 Å². The molecular weight excluding hydrogens is 160 g/mol. The molecule has 0 aromatic heterocycles. The molecule has 1 amide bonds. The van der Waals surface area contributed by atoms with E-state index in [2.05, 4.69) is 17.5 Å². The zero-order valence-corrected chi connectivity index (χ0v) is 7.87. The second kappa shape index (κ2) is 4.28. The first-order valence-corrected chi connectivity index (χ1v) is 3.96. The van der Waals surface area contributed by atoms with Crippen LogP contribution in [0.1, 0.15) is 20.8 Å². The minimum Gasteiger partial charge on any atom is -0.376 e. The summed E-state index contributed by atoms with van der Waals surface area (Å²) in [6, 6.07) is 0. The third-order valence-corrected chi connectivity index (χ3v) is 1.76. The van der Waals surface area contributed by atoms with E-state index in [0.717, 1.165) is 0 Å². The van der Waals surface area contributed by atoms with Crippen molar-refractivity contribution in [2.45, 2.75) is 20.8 Å². The second-order valence-corrected chi connectivity index (χ2v) is 3.33. The van der Waals surface area contributed by atoms with Gasteiger partial charge in [0, 0.05) is 5.92 Å². The Morgan fingerprint density at radius 3 is 2.18 bits per heavy atom. The van der Waals surface area contributed by atoms with Crippen molar-refractivity contribution in [3.63, 3.8) is 0 Å². The molecule has 0 spiro atoms. The average Bonchev–Trinajstić information content (AvgIpc) is 1.84. The van der Waals surface area contributed by atoms with Gasteiger partial charge in [0.15, 0.2) is 5.11 Å². The van der Waals surface area contributed by atoms with Crippen LogP contribution in [0.25, 0.3) is 0 Å². The van der Waals surface area contributed by atoms with E-state index in [1.54, 1.807) is 0 Å². The highest BCUT2D eigenvalue weighted by Crippen LogP contribution is 2.08. The van der Waals surface area contributed by atoms with Crippen LogP contribution in [0.3, 0.4) is 0 Å². The Labute approximate surface area is 72.3 Å². The maximum absolute atomic E-state index is 11.1. The Morgan fingerprint density at radius 2 is 1.91 bits per heavy atom. The number of rotatable bonds is 2. The lowest BCUT2D eigenvalue weighted by molar-refractivity contribution is -0.124. The number of hydrogen-bond acceptors (Lipinski definition) is 2. The fourth-order valence-electron chi connectivity index (χ4n) is 0.538. The first kappa shape index (κ1) is 10.4. The van der Waals surface area contributed by atoms with Crippen molar-refractivity contribution in [3.05, 3.63) is 0 Å². The average molecular weight is 174 g/mol. The van der Waals surface area contributed by atoms with Crippen molar-refractivity contribution in [1.29, 1.82) is 0 Å². The molecule has 0 bridgehead atoms. The van der Waals surface area contributed by atoms with Crippen molar-refractivity contribution < 1.29 is 4.79 Å². The molecule has 1 unspecified atom stereocenters. The van der Waals surface area contributed by atoms with Crippen molar-refractivity contribution in [2.24, 2.45) is 17.6 Å². The molecule has 0 rings (SSSR count). The molecule has 1 atom stereocenters. The van der Waals surface area contributed by atoms with E-state index in [9.17, 15) is 4.79 Å². The summed E-state index contributed by atoms with van der Waals surface area (Å²) in [5.41, 5.74) is 5.13. The van der Waals surface area contributed by atoms with Gasteiger partial charge in [0.2, 0.25) is 5.91 Å². The molecule has 64 valence electrons. The topological polar surface area (TPSA) is 55.1 Å². The van der Waals surface area contributed by atoms with Gasteiger partial charge in [-0.2, -0.15) is 0 Å². The van der Waals surface area contributed by atoms with E-state index in [-0.39, 0.29) is 16.9 Å². The molecule has 0 radical (unpaired) electrons. The summed E-state index contributed by atoms with van der Waals surface area (Å²) in [5, 5.41) is 2.44. The number of carbonyl (C=O) groups excluding carboxylic acids is 1. The number of thiocarbonyl (C=S) groups is 1. The van der Waals surface area contributed by atoms with Crippen LogP contribution >= 0.6 is 12.2 Å². The minimum absolute atomic E-state index is 0.0440. The molecular formula is C7H14N2OS. The lowest BCUT2D eigenvalue weighted by Gasteiger charge is -2.13. The molecule has 0 heterocycles. The van der Waals surface area contributed by atoms with E-state index in [1.165, 1.54) is 0 Å². The summed E-state index contributed by atoms with van der Waals surface area (Å²) in [4.78, 5) is 11.1. The summed E-state index contributed by atoms with van der Waals surface area (Å²) in [6.45, 7) is 5.80. The monoisotopic (exact) mass is 174 g/mol. The van der Waals surface area contributed by atoms with E-state index < -0.39 is 0 Å². The Balaban J connectivity index is 3.93. The number of amides is 1. The predicted octanol–water partition coefficient (Wildman–Crippen LogP) is 0.638. The SMILES string of the molecule is CC(C)C(C)C(=O)NC(N)=S. The van der Waals surface area contributed by atoms with Gasteiger partial charge in [-0.1, -0.05) is 20.8 Å². The van der Waals surface area contributed by atoms with Crippen LogP contribution in [0.15, 0.2) is 0 Å². The fraction of sp³-hybridized carbons (Fsp3) is 0.714. The first-order valence-electron chi connectivity index (χ1n) is 3.55. The van der Waals surface area contributed by atoms with Crippen LogP contribution in [-0.4, -0.2) is 11.0 Å². The van der Waals surface area contributed by atoms with Crippen LogP contribution in [0.5, 0.6) is 0 Å². The molecule has 0 aromatic rings. The number of nitrogens with two attached hydrogens (primary N) is 1. The third kappa shape index (κ3) is 3.93. The highest BCUT2D eigenvalue weighted by molar-refractivity contribution is 7.80.